The minimum absolute atomic E-state index is 0.243. The van der Waals surface area contributed by atoms with E-state index in [9.17, 15) is 4.39 Å². The highest BCUT2D eigenvalue weighted by atomic mass is 35.5. The number of rotatable bonds is 4. The van der Waals surface area contributed by atoms with Crippen LogP contribution in [-0.2, 0) is 11.3 Å². The standard InChI is InChI=1S/C20H25ClFN5O/c1-15-13-19(26-9-11-28-12-10-26)24-20(23-15)27-7-5-25(6-8-27)14-16-17(21)3-2-4-18(16)22/h2-4,13H,5-12,14H2,1H3. The average Bonchev–Trinajstić information content (AvgIpc) is 2.71. The molecule has 2 aliphatic heterocycles. The van der Waals surface area contributed by atoms with Gasteiger partial charge < -0.3 is 14.5 Å². The molecule has 2 fully saturated rings. The van der Waals surface area contributed by atoms with E-state index in [0.29, 0.717) is 17.1 Å². The van der Waals surface area contributed by atoms with Gasteiger partial charge in [0, 0.05) is 68.2 Å². The molecule has 2 aliphatic rings. The van der Waals surface area contributed by atoms with Crippen LogP contribution in [-0.4, -0.2) is 67.4 Å². The minimum Gasteiger partial charge on any atom is -0.378 e. The molecular formula is C20H25ClFN5O. The van der Waals surface area contributed by atoms with Gasteiger partial charge in [0.15, 0.2) is 0 Å². The van der Waals surface area contributed by atoms with E-state index >= 15 is 0 Å². The summed E-state index contributed by atoms with van der Waals surface area (Å²) in [5, 5.41) is 0.486. The van der Waals surface area contributed by atoms with Gasteiger partial charge in [0.1, 0.15) is 11.6 Å². The van der Waals surface area contributed by atoms with Crippen LogP contribution in [0.25, 0.3) is 0 Å². The topological polar surface area (TPSA) is 44.7 Å². The summed E-state index contributed by atoms with van der Waals surface area (Å²) in [7, 11) is 0. The molecule has 0 spiro atoms. The van der Waals surface area contributed by atoms with Crippen LogP contribution < -0.4 is 9.80 Å². The third-order valence-electron chi connectivity index (χ3n) is 5.26. The van der Waals surface area contributed by atoms with Crippen molar-refractivity contribution >= 4 is 23.4 Å². The number of aryl methyl sites for hydroxylation is 1. The highest BCUT2D eigenvalue weighted by molar-refractivity contribution is 6.31. The SMILES string of the molecule is Cc1cc(N2CCOCC2)nc(N2CCN(Cc3c(F)cccc3Cl)CC2)n1. The van der Waals surface area contributed by atoms with Crippen molar-refractivity contribution in [3.8, 4) is 0 Å². The molecule has 150 valence electrons. The Balaban J connectivity index is 1.41. The highest BCUT2D eigenvalue weighted by Gasteiger charge is 2.22. The fourth-order valence-electron chi connectivity index (χ4n) is 3.65. The molecule has 28 heavy (non-hydrogen) atoms. The summed E-state index contributed by atoms with van der Waals surface area (Å²) in [6.45, 7) is 8.93. The van der Waals surface area contributed by atoms with Gasteiger partial charge in [0.05, 0.1) is 13.2 Å². The molecule has 6 nitrogen and oxygen atoms in total. The van der Waals surface area contributed by atoms with Crippen LogP contribution in [0.3, 0.4) is 0 Å². The molecule has 2 aromatic rings. The smallest absolute Gasteiger partial charge is 0.227 e. The Morgan fingerprint density at radius 2 is 1.79 bits per heavy atom. The van der Waals surface area contributed by atoms with E-state index in [1.807, 2.05) is 13.0 Å². The molecule has 2 saturated heterocycles. The van der Waals surface area contributed by atoms with E-state index in [2.05, 4.69) is 19.7 Å². The van der Waals surface area contributed by atoms with E-state index in [0.717, 1.165) is 69.9 Å². The summed E-state index contributed by atoms with van der Waals surface area (Å²) in [4.78, 5) is 16.1. The second-order valence-corrected chi connectivity index (χ2v) is 7.64. The summed E-state index contributed by atoms with van der Waals surface area (Å²) in [6.07, 6.45) is 0. The number of piperazine rings is 1. The maximum atomic E-state index is 14.1. The number of hydrogen-bond acceptors (Lipinski definition) is 6. The zero-order chi connectivity index (χ0) is 19.5. The molecule has 8 heteroatoms. The molecule has 0 saturated carbocycles. The zero-order valence-electron chi connectivity index (χ0n) is 16.1. The molecule has 1 aromatic carbocycles. The third kappa shape index (κ3) is 4.37. The Morgan fingerprint density at radius 3 is 2.50 bits per heavy atom. The largest absolute Gasteiger partial charge is 0.378 e. The molecule has 3 heterocycles. The second kappa shape index (κ2) is 8.59. The van der Waals surface area contributed by atoms with Gasteiger partial charge >= 0.3 is 0 Å². The first-order valence-electron chi connectivity index (χ1n) is 9.69. The molecule has 0 N–H and O–H groups in total. The lowest BCUT2D eigenvalue weighted by Crippen LogP contribution is -2.47. The maximum Gasteiger partial charge on any atom is 0.227 e. The quantitative estimate of drug-likeness (QED) is 0.779. The lowest BCUT2D eigenvalue weighted by molar-refractivity contribution is 0.122. The van der Waals surface area contributed by atoms with Crippen molar-refractivity contribution in [1.29, 1.82) is 0 Å². The lowest BCUT2D eigenvalue weighted by Gasteiger charge is -2.35. The minimum atomic E-state index is -0.243. The molecule has 0 unspecified atom stereocenters. The van der Waals surface area contributed by atoms with Gasteiger partial charge in [-0.2, -0.15) is 4.98 Å². The first-order chi connectivity index (χ1) is 13.6. The first kappa shape index (κ1) is 19.4. The van der Waals surface area contributed by atoms with Gasteiger partial charge in [-0.05, 0) is 19.1 Å². The normalized spacial score (nSPS) is 18.5. The van der Waals surface area contributed by atoms with Crippen LogP contribution in [0.4, 0.5) is 16.2 Å². The van der Waals surface area contributed by atoms with Gasteiger partial charge in [0.2, 0.25) is 5.95 Å². The molecule has 0 aliphatic carbocycles. The Hall–Kier alpha value is -1.96. The molecule has 0 radical (unpaired) electrons. The number of benzene rings is 1. The molecule has 0 amide bonds. The van der Waals surface area contributed by atoms with Gasteiger partial charge in [0.25, 0.3) is 0 Å². The van der Waals surface area contributed by atoms with Gasteiger partial charge in [-0.3, -0.25) is 4.90 Å². The summed E-state index contributed by atoms with van der Waals surface area (Å²) in [6, 6.07) is 6.88. The zero-order valence-corrected chi connectivity index (χ0v) is 16.8. The fraction of sp³-hybridized carbons (Fsp3) is 0.500. The number of aromatic nitrogens is 2. The Bertz CT molecular complexity index is 802. The second-order valence-electron chi connectivity index (χ2n) is 7.23. The van der Waals surface area contributed by atoms with Crippen molar-refractivity contribution in [1.82, 2.24) is 14.9 Å². The number of ether oxygens (including phenoxy) is 1. The van der Waals surface area contributed by atoms with Gasteiger partial charge in [-0.25, -0.2) is 9.37 Å². The van der Waals surface area contributed by atoms with E-state index in [4.69, 9.17) is 21.3 Å². The fourth-order valence-corrected chi connectivity index (χ4v) is 3.87. The van der Waals surface area contributed by atoms with Crippen molar-refractivity contribution < 1.29 is 9.13 Å². The van der Waals surface area contributed by atoms with Crippen molar-refractivity contribution in [3.63, 3.8) is 0 Å². The van der Waals surface area contributed by atoms with Crippen LogP contribution in [0, 0.1) is 12.7 Å². The van der Waals surface area contributed by atoms with Crippen LogP contribution >= 0.6 is 11.6 Å². The van der Waals surface area contributed by atoms with Crippen molar-refractivity contribution in [3.05, 3.63) is 46.4 Å². The first-order valence-corrected chi connectivity index (χ1v) is 10.1. The van der Waals surface area contributed by atoms with Crippen molar-refractivity contribution in [2.45, 2.75) is 13.5 Å². The van der Waals surface area contributed by atoms with E-state index in [1.165, 1.54) is 6.07 Å². The monoisotopic (exact) mass is 405 g/mol. The van der Waals surface area contributed by atoms with E-state index in [-0.39, 0.29) is 5.82 Å². The number of nitrogens with zero attached hydrogens (tertiary/aromatic N) is 5. The predicted molar refractivity (Wildman–Crippen MR) is 109 cm³/mol. The van der Waals surface area contributed by atoms with Gasteiger partial charge in [-0.15, -0.1) is 0 Å². The number of halogens is 2. The van der Waals surface area contributed by atoms with Crippen LogP contribution in [0.5, 0.6) is 0 Å². The average molecular weight is 406 g/mol. The molecule has 0 atom stereocenters. The maximum absolute atomic E-state index is 14.1. The lowest BCUT2D eigenvalue weighted by atomic mass is 10.2. The number of anilines is 2. The van der Waals surface area contributed by atoms with Crippen LogP contribution in [0.2, 0.25) is 5.02 Å². The summed E-state index contributed by atoms with van der Waals surface area (Å²) in [5.41, 5.74) is 1.53. The van der Waals surface area contributed by atoms with Crippen LogP contribution in [0.1, 0.15) is 11.3 Å². The Labute approximate surface area is 169 Å². The van der Waals surface area contributed by atoms with E-state index < -0.39 is 0 Å². The Morgan fingerprint density at radius 1 is 1.04 bits per heavy atom. The summed E-state index contributed by atoms with van der Waals surface area (Å²) >= 11 is 6.17. The molecule has 4 rings (SSSR count). The third-order valence-corrected chi connectivity index (χ3v) is 5.62. The molecule has 1 aromatic heterocycles. The number of morpholine rings is 1. The van der Waals surface area contributed by atoms with E-state index in [1.54, 1.807) is 12.1 Å². The summed E-state index contributed by atoms with van der Waals surface area (Å²) < 4.78 is 19.5. The Kier molecular flexibility index (Phi) is 5.94. The number of hydrogen-bond donors (Lipinski definition) is 0. The van der Waals surface area contributed by atoms with Crippen molar-refractivity contribution in [2.24, 2.45) is 0 Å². The van der Waals surface area contributed by atoms with Gasteiger partial charge in [-0.1, -0.05) is 17.7 Å². The highest BCUT2D eigenvalue weighted by Crippen LogP contribution is 2.23. The summed E-state index contributed by atoms with van der Waals surface area (Å²) in [5.74, 6) is 1.49. The van der Waals surface area contributed by atoms with Crippen LogP contribution in [0.15, 0.2) is 24.3 Å². The molecular weight excluding hydrogens is 381 g/mol. The van der Waals surface area contributed by atoms with Crippen molar-refractivity contribution in [2.75, 3.05) is 62.3 Å². The predicted octanol–water partition coefficient (Wildman–Crippen LogP) is 2.74. The molecule has 0 bridgehead atoms.